The van der Waals surface area contributed by atoms with Crippen molar-refractivity contribution in [2.75, 3.05) is 6.54 Å². The number of fused-ring (bicyclic) bond motifs is 3. The maximum absolute atomic E-state index is 4.19. The number of hydrogen-bond acceptors (Lipinski definition) is 2. The number of H-pyrrole nitrogens is 1. The molecule has 2 heterocycles. The SMILES string of the molecule is CCNCc1ccc2[nH]c3ccncc3c2c1. The van der Waals surface area contributed by atoms with E-state index in [0.29, 0.717) is 0 Å². The lowest BCUT2D eigenvalue weighted by molar-refractivity contribution is 0.727. The molecule has 0 radical (unpaired) electrons. The first-order valence-corrected chi connectivity index (χ1v) is 5.93. The lowest BCUT2D eigenvalue weighted by atomic mass is 10.1. The Morgan fingerprint density at radius 2 is 2.06 bits per heavy atom. The van der Waals surface area contributed by atoms with Crippen molar-refractivity contribution in [1.29, 1.82) is 0 Å². The van der Waals surface area contributed by atoms with Gasteiger partial charge in [-0.25, -0.2) is 0 Å². The summed E-state index contributed by atoms with van der Waals surface area (Å²) in [5.41, 5.74) is 3.63. The second kappa shape index (κ2) is 4.18. The van der Waals surface area contributed by atoms with Gasteiger partial charge in [-0.3, -0.25) is 4.98 Å². The molecule has 0 unspecified atom stereocenters. The number of pyridine rings is 1. The van der Waals surface area contributed by atoms with E-state index in [-0.39, 0.29) is 0 Å². The van der Waals surface area contributed by atoms with Crippen LogP contribution in [0.2, 0.25) is 0 Å². The van der Waals surface area contributed by atoms with Gasteiger partial charge >= 0.3 is 0 Å². The lowest BCUT2D eigenvalue weighted by Gasteiger charge is -2.01. The highest BCUT2D eigenvalue weighted by Gasteiger charge is 2.04. The fourth-order valence-corrected chi connectivity index (χ4v) is 2.17. The molecule has 0 bridgehead atoms. The van der Waals surface area contributed by atoms with Gasteiger partial charge in [-0.1, -0.05) is 13.0 Å². The molecule has 0 aliphatic rings. The highest BCUT2D eigenvalue weighted by Crippen LogP contribution is 2.25. The Balaban J connectivity index is 2.16. The van der Waals surface area contributed by atoms with Crippen LogP contribution in [0.25, 0.3) is 21.8 Å². The van der Waals surface area contributed by atoms with E-state index in [1.165, 1.54) is 21.9 Å². The molecule has 3 rings (SSSR count). The molecular formula is C14H15N3. The smallest absolute Gasteiger partial charge is 0.0495 e. The maximum atomic E-state index is 4.19. The van der Waals surface area contributed by atoms with E-state index >= 15 is 0 Å². The Bertz CT molecular complexity index is 655. The standard InChI is InChI=1S/C14H15N3/c1-2-15-8-10-3-4-13-11(7-10)12-9-16-6-5-14(12)17-13/h3-7,9,15,17H,2,8H2,1H3. The lowest BCUT2D eigenvalue weighted by Crippen LogP contribution is -2.11. The normalized spacial score (nSPS) is 11.4. The number of nitrogens with one attached hydrogen (secondary N) is 2. The van der Waals surface area contributed by atoms with Gasteiger partial charge in [-0.2, -0.15) is 0 Å². The first kappa shape index (κ1) is 10.3. The summed E-state index contributed by atoms with van der Waals surface area (Å²) in [7, 11) is 0. The number of benzene rings is 1. The molecule has 3 aromatic rings. The summed E-state index contributed by atoms with van der Waals surface area (Å²) in [6, 6.07) is 8.55. The molecule has 3 heteroatoms. The first-order valence-electron chi connectivity index (χ1n) is 5.93. The molecule has 2 aromatic heterocycles. The fourth-order valence-electron chi connectivity index (χ4n) is 2.17. The van der Waals surface area contributed by atoms with E-state index in [9.17, 15) is 0 Å². The van der Waals surface area contributed by atoms with Crippen LogP contribution in [0.4, 0.5) is 0 Å². The average Bonchev–Trinajstić information content (AvgIpc) is 2.74. The Hall–Kier alpha value is -1.87. The van der Waals surface area contributed by atoms with Crippen molar-refractivity contribution in [3.8, 4) is 0 Å². The third-order valence-electron chi connectivity index (χ3n) is 3.04. The molecule has 0 aliphatic carbocycles. The molecule has 0 saturated heterocycles. The quantitative estimate of drug-likeness (QED) is 0.719. The van der Waals surface area contributed by atoms with Gasteiger partial charge in [0, 0.05) is 40.7 Å². The first-order chi connectivity index (χ1) is 8.38. The van der Waals surface area contributed by atoms with Crippen LogP contribution in [0.5, 0.6) is 0 Å². The van der Waals surface area contributed by atoms with Gasteiger partial charge in [-0.15, -0.1) is 0 Å². The zero-order valence-corrected chi connectivity index (χ0v) is 9.83. The molecule has 17 heavy (non-hydrogen) atoms. The summed E-state index contributed by atoms with van der Waals surface area (Å²) in [5.74, 6) is 0. The third-order valence-corrected chi connectivity index (χ3v) is 3.04. The van der Waals surface area contributed by atoms with Crippen molar-refractivity contribution in [2.24, 2.45) is 0 Å². The molecule has 1 aromatic carbocycles. The summed E-state index contributed by atoms with van der Waals surface area (Å²) >= 11 is 0. The van der Waals surface area contributed by atoms with Gasteiger partial charge in [0.1, 0.15) is 0 Å². The summed E-state index contributed by atoms with van der Waals surface area (Å²) < 4.78 is 0. The highest BCUT2D eigenvalue weighted by molar-refractivity contribution is 6.06. The number of aromatic amines is 1. The van der Waals surface area contributed by atoms with Crippen LogP contribution in [0.3, 0.4) is 0 Å². The van der Waals surface area contributed by atoms with Crippen molar-refractivity contribution in [2.45, 2.75) is 13.5 Å². The van der Waals surface area contributed by atoms with E-state index in [2.05, 4.69) is 40.4 Å². The summed E-state index contributed by atoms with van der Waals surface area (Å²) in [6.45, 7) is 4.03. The predicted octanol–water partition coefficient (Wildman–Crippen LogP) is 2.83. The topological polar surface area (TPSA) is 40.7 Å². The van der Waals surface area contributed by atoms with Crippen LogP contribution in [0.15, 0.2) is 36.7 Å². The van der Waals surface area contributed by atoms with E-state index < -0.39 is 0 Å². The minimum absolute atomic E-state index is 0.916. The van der Waals surface area contributed by atoms with Crippen LogP contribution in [-0.4, -0.2) is 16.5 Å². The second-order valence-corrected chi connectivity index (χ2v) is 4.21. The monoisotopic (exact) mass is 225 g/mol. The molecule has 0 saturated carbocycles. The van der Waals surface area contributed by atoms with Gasteiger partial charge in [0.25, 0.3) is 0 Å². The van der Waals surface area contributed by atoms with Gasteiger partial charge in [-0.05, 0) is 30.3 Å². The van der Waals surface area contributed by atoms with Crippen LogP contribution in [0, 0.1) is 0 Å². The molecule has 2 N–H and O–H groups in total. The minimum Gasteiger partial charge on any atom is -0.354 e. The molecule has 0 aliphatic heterocycles. The zero-order valence-electron chi connectivity index (χ0n) is 9.83. The van der Waals surface area contributed by atoms with Crippen molar-refractivity contribution in [3.63, 3.8) is 0 Å². The molecule has 0 spiro atoms. The van der Waals surface area contributed by atoms with Gasteiger partial charge in [0.2, 0.25) is 0 Å². The van der Waals surface area contributed by atoms with Crippen molar-refractivity contribution in [1.82, 2.24) is 15.3 Å². The zero-order chi connectivity index (χ0) is 11.7. The highest BCUT2D eigenvalue weighted by atomic mass is 14.8. The fraction of sp³-hybridized carbons (Fsp3) is 0.214. The Morgan fingerprint density at radius 1 is 1.18 bits per heavy atom. The molecule has 0 fully saturated rings. The summed E-state index contributed by atoms with van der Waals surface area (Å²) in [4.78, 5) is 7.59. The van der Waals surface area contributed by atoms with Crippen LogP contribution >= 0.6 is 0 Å². The van der Waals surface area contributed by atoms with Crippen LogP contribution in [0.1, 0.15) is 12.5 Å². The Labute approximate surface area is 99.9 Å². The van der Waals surface area contributed by atoms with Crippen molar-refractivity contribution in [3.05, 3.63) is 42.2 Å². The summed E-state index contributed by atoms with van der Waals surface area (Å²) in [5, 5.41) is 5.79. The van der Waals surface area contributed by atoms with Gasteiger partial charge in [0.15, 0.2) is 0 Å². The maximum Gasteiger partial charge on any atom is 0.0495 e. The third kappa shape index (κ3) is 1.78. The largest absolute Gasteiger partial charge is 0.354 e. The number of nitrogens with zero attached hydrogens (tertiary/aromatic N) is 1. The van der Waals surface area contributed by atoms with Gasteiger partial charge in [0.05, 0.1) is 0 Å². The van der Waals surface area contributed by atoms with Crippen molar-refractivity contribution < 1.29 is 0 Å². The van der Waals surface area contributed by atoms with E-state index in [1.807, 2.05) is 18.5 Å². The second-order valence-electron chi connectivity index (χ2n) is 4.21. The van der Waals surface area contributed by atoms with Gasteiger partial charge < -0.3 is 10.3 Å². The predicted molar refractivity (Wildman–Crippen MR) is 71.0 cm³/mol. The van der Waals surface area contributed by atoms with Crippen molar-refractivity contribution >= 4 is 21.8 Å². The number of hydrogen-bond donors (Lipinski definition) is 2. The van der Waals surface area contributed by atoms with E-state index in [1.54, 1.807) is 0 Å². The number of rotatable bonds is 3. The molecule has 3 nitrogen and oxygen atoms in total. The van der Waals surface area contributed by atoms with E-state index in [4.69, 9.17) is 0 Å². The minimum atomic E-state index is 0.916. The van der Waals surface area contributed by atoms with E-state index in [0.717, 1.165) is 18.6 Å². The average molecular weight is 225 g/mol. The molecule has 0 amide bonds. The van der Waals surface area contributed by atoms with Crippen LogP contribution < -0.4 is 5.32 Å². The molecular weight excluding hydrogens is 210 g/mol. The number of aromatic nitrogens is 2. The molecule has 0 atom stereocenters. The van der Waals surface area contributed by atoms with Crippen LogP contribution in [-0.2, 0) is 6.54 Å². The molecule has 86 valence electrons. The Kier molecular flexibility index (Phi) is 2.53. The Morgan fingerprint density at radius 3 is 2.94 bits per heavy atom. The summed E-state index contributed by atoms with van der Waals surface area (Å²) in [6.07, 6.45) is 3.74.